The van der Waals surface area contributed by atoms with Gasteiger partial charge in [-0.3, -0.25) is 5.32 Å². The van der Waals surface area contributed by atoms with Gasteiger partial charge in [0.1, 0.15) is 10.6 Å². The molecule has 2 heterocycles. The van der Waals surface area contributed by atoms with Crippen LogP contribution in [0.25, 0.3) is 5.82 Å². The summed E-state index contributed by atoms with van der Waals surface area (Å²) in [5, 5.41) is 5.86. The van der Waals surface area contributed by atoms with E-state index in [1.54, 1.807) is 20.8 Å². The number of nitrogens with one attached hydrogen (secondary N) is 1. The van der Waals surface area contributed by atoms with Gasteiger partial charge in [-0.25, -0.2) is 9.48 Å². The van der Waals surface area contributed by atoms with Gasteiger partial charge >= 0.3 is 12.3 Å². The van der Waals surface area contributed by atoms with Crippen molar-refractivity contribution < 1.29 is 27.4 Å². The summed E-state index contributed by atoms with van der Waals surface area (Å²) in [6, 6.07) is 2.57. The number of methoxy groups -OCH3 is 1. The molecule has 0 aliphatic heterocycles. The largest absolute Gasteiger partial charge is 0.480 e. The predicted octanol–water partition coefficient (Wildman–Crippen LogP) is 4.30. The van der Waals surface area contributed by atoms with E-state index < -0.39 is 29.3 Å². The van der Waals surface area contributed by atoms with Gasteiger partial charge in [0.25, 0.3) is 0 Å². The number of anilines is 1. The van der Waals surface area contributed by atoms with Crippen molar-refractivity contribution in [3.63, 3.8) is 0 Å². The summed E-state index contributed by atoms with van der Waals surface area (Å²) in [6.07, 6.45) is -5.01. The van der Waals surface area contributed by atoms with Crippen LogP contribution in [0, 0.1) is 0 Å². The van der Waals surface area contributed by atoms with E-state index in [-0.39, 0.29) is 16.7 Å². The van der Waals surface area contributed by atoms with E-state index >= 15 is 0 Å². The van der Waals surface area contributed by atoms with Gasteiger partial charge in [0.05, 0.1) is 19.0 Å². The van der Waals surface area contributed by atoms with Crippen LogP contribution in [0.2, 0.25) is 5.02 Å². The second kappa shape index (κ2) is 7.02. The van der Waals surface area contributed by atoms with Crippen molar-refractivity contribution >= 4 is 23.4 Å². The molecule has 1 N–H and O–H groups in total. The number of halogens is 4. The summed E-state index contributed by atoms with van der Waals surface area (Å²) < 4.78 is 51.0. The lowest BCUT2D eigenvalue weighted by Gasteiger charge is -2.20. The molecule has 0 bridgehead atoms. The lowest BCUT2D eigenvalue weighted by atomic mass is 10.2. The number of carbonyl (C=O) groups is 1. The van der Waals surface area contributed by atoms with Gasteiger partial charge < -0.3 is 9.47 Å². The monoisotopic (exact) mass is 392 g/mol. The minimum absolute atomic E-state index is 0.0607. The maximum Gasteiger partial charge on any atom is 0.435 e. The van der Waals surface area contributed by atoms with Crippen LogP contribution in [0.5, 0.6) is 5.88 Å². The van der Waals surface area contributed by atoms with Crippen LogP contribution in [0.1, 0.15) is 26.5 Å². The summed E-state index contributed by atoms with van der Waals surface area (Å²) >= 11 is 5.84. The average Bonchev–Trinajstić information content (AvgIpc) is 2.89. The number of hydrogen-bond acceptors (Lipinski definition) is 5. The van der Waals surface area contributed by atoms with Crippen molar-refractivity contribution in [2.24, 2.45) is 0 Å². The third kappa shape index (κ3) is 4.57. The number of carbonyl (C=O) groups excluding carboxylic acids is 1. The Kier molecular flexibility index (Phi) is 5.36. The van der Waals surface area contributed by atoms with Crippen LogP contribution in [0.15, 0.2) is 18.3 Å². The van der Waals surface area contributed by atoms with Crippen molar-refractivity contribution in [3.8, 4) is 11.7 Å². The first-order valence-corrected chi connectivity index (χ1v) is 7.66. The number of amides is 1. The molecule has 0 aromatic carbocycles. The van der Waals surface area contributed by atoms with Crippen molar-refractivity contribution in [1.82, 2.24) is 14.8 Å². The van der Waals surface area contributed by atoms with Crippen LogP contribution in [0.3, 0.4) is 0 Å². The van der Waals surface area contributed by atoms with Crippen LogP contribution in [-0.4, -0.2) is 33.6 Å². The summed E-state index contributed by atoms with van der Waals surface area (Å²) in [7, 11) is 1.28. The Labute approximate surface area is 152 Å². The minimum Gasteiger partial charge on any atom is -0.480 e. The molecule has 1 amide bonds. The molecule has 0 unspecified atom stereocenters. The lowest BCUT2D eigenvalue weighted by Crippen LogP contribution is -2.28. The topological polar surface area (TPSA) is 78.3 Å². The number of ether oxygens (including phenoxy) is 2. The van der Waals surface area contributed by atoms with Crippen molar-refractivity contribution in [1.29, 1.82) is 0 Å². The van der Waals surface area contributed by atoms with E-state index in [2.05, 4.69) is 15.4 Å². The van der Waals surface area contributed by atoms with E-state index in [1.807, 2.05) is 0 Å². The molecular formula is C15H16ClF3N4O3. The van der Waals surface area contributed by atoms with Gasteiger partial charge in [-0.15, -0.1) is 0 Å². The molecule has 0 atom stereocenters. The Hall–Kier alpha value is -2.49. The Balaban J connectivity index is 2.46. The van der Waals surface area contributed by atoms with Crippen LogP contribution in [-0.2, 0) is 10.9 Å². The van der Waals surface area contributed by atoms with Crippen LogP contribution in [0.4, 0.5) is 23.7 Å². The van der Waals surface area contributed by atoms with E-state index in [0.717, 1.165) is 6.20 Å². The first-order chi connectivity index (χ1) is 11.9. The first-order valence-electron chi connectivity index (χ1n) is 7.28. The number of pyridine rings is 1. The Morgan fingerprint density at radius 2 is 1.92 bits per heavy atom. The Morgan fingerprint density at radius 1 is 1.27 bits per heavy atom. The summed E-state index contributed by atoms with van der Waals surface area (Å²) in [5.74, 6) is -0.245. The molecule has 7 nitrogen and oxygen atoms in total. The van der Waals surface area contributed by atoms with Gasteiger partial charge in [0.2, 0.25) is 5.88 Å². The zero-order chi connectivity index (χ0) is 19.7. The highest BCUT2D eigenvalue weighted by molar-refractivity contribution is 6.31. The molecular weight excluding hydrogens is 377 g/mol. The predicted molar refractivity (Wildman–Crippen MR) is 87.8 cm³/mol. The lowest BCUT2D eigenvalue weighted by molar-refractivity contribution is -0.142. The zero-order valence-corrected chi connectivity index (χ0v) is 15.1. The molecule has 0 aliphatic rings. The molecule has 0 fully saturated rings. The highest BCUT2D eigenvalue weighted by Crippen LogP contribution is 2.36. The van der Waals surface area contributed by atoms with Crippen LogP contribution >= 0.6 is 11.6 Å². The second-order valence-corrected chi connectivity index (χ2v) is 6.51. The average molecular weight is 393 g/mol. The molecule has 0 spiro atoms. The highest BCUT2D eigenvalue weighted by atomic mass is 35.5. The van der Waals surface area contributed by atoms with Gasteiger partial charge in [-0.05, 0) is 32.9 Å². The first kappa shape index (κ1) is 19.8. The number of hydrogen-bond donors (Lipinski definition) is 1. The molecule has 142 valence electrons. The fourth-order valence-electron chi connectivity index (χ4n) is 1.97. The smallest absolute Gasteiger partial charge is 0.435 e. The molecule has 0 radical (unpaired) electrons. The van der Waals surface area contributed by atoms with E-state index in [4.69, 9.17) is 21.1 Å². The molecule has 0 saturated carbocycles. The van der Waals surface area contributed by atoms with Crippen molar-refractivity contribution in [2.45, 2.75) is 32.5 Å². The van der Waals surface area contributed by atoms with Gasteiger partial charge in [0, 0.05) is 0 Å². The fourth-order valence-corrected chi connectivity index (χ4v) is 2.16. The van der Waals surface area contributed by atoms with E-state index in [9.17, 15) is 18.0 Å². The number of alkyl halides is 3. The normalized spacial score (nSPS) is 12.0. The van der Waals surface area contributed by atoms with Gasteiger partial charge in [-0.1, -0.05) is 11.6 Å². The number of nitrogens with zero attached hydrogens (tertiary/aromatic N) is 3. The quantitative estimate of drug-likeness (QED) is 0.842. The standard InChI is InChI=1S/C15H16ClF3N4O3/c1-14(2,3)26-13(24)21-9-7-20-23(11(9)15(17,18)19)10-6-5-8(16)12(22-10)25-4/h5-7H,1-4H3,(H,21,24). The minimum atomic E-state index is -4.82. The summed E-state index contributed by atoms with van der Waals surface area (Å²) in [4.78, 5) is 15.7. The van der Waals surface area contributed by atoms with Gasteiger partial charge in [0.15, 0.2) is 11.5 Å². The molecule has 11 heteroatoms. The van der Waals surface area contributed by atoms with E-state index in [0.29, 0.717) is 4.68 Å². The summed E-state index contributed by atoms with van der Waals surface area (Å²) in [5.41, 5.74) is -2.66. The van der Waals surface area contributed by atoms with Crippen LogP contribution < -0.4 is 10.1 Å². The molecule has 0 saturated heterocycles. The molecule has 0 aliphatic carbocycles. The molecule has 2 aromatic heterocycles. The fraction of sp³-hybridized carbons (Fsp3) is 0.400. The van der Waals surface area contributed by atoms with Crippen molar-refractivity contribution in [2.75, 3.05) is 12.4 Å². The molecule has 26 heavy (non-hydrogen) atoms. The van der Waals surface area contributed by atoms with Crippen molar-refractivity contribution in [3.05, 3.63) is 29.0 Å². The van der Waals surface area contributed by atoms with Gasteiger partial charge in [-0.2, -0.15) is 23.3 Å². The maximum absolute atomic E-state index is 13.5. The Morgan fingerprint density at radius 3 is 2.46 bits per heavy atom. The maximum atomic E-state index is 13.5. The number of rotatable bonds is 3. The molecule has 2 rings (SSSR count). The second-order valence-electron chi connectivity index (χ2n) is 6.10. The third-order valence-electron chi connectivity index (χ3n) is 2.88. The Bertz CT molecular complexity index is 815. The zero-order valence-electron chi connectivity index (χ0n) is 14.3. The summed E-state index contributed by atoms with van der Waals surface area (Å²) in [6.45, 7) is 4.76. The number of aromatic nitrogens is 3. The van der Waals surface area contributed by atoms with E-state index in [1.165, 1.54) is 19.2 Å². The molecule has 2 aromatic rings. The third-order valence-corrected chi connectivity index (χ3v) is 3.17. The SMILES string of the molecule is COc1nc(-n2ncc(NC(=O)OC(C)(C)C)c2C(F)(F)F)ccc1Cl. The highest BCUT2D eigenvalue weighted by Gasteiger charge is 2.40.